The van der Waals surface area contributed by atoms with Crippen LogP contribution in [0.25, 0.3) is 11.4 Å². The van der Waals surface area contributed by atoms with Crippen molar-refractivity contribution in [2.24, 2.45) is 0 Å². The highest BCUT2D eigenvalue weighted by atomic mass is 32.2. The van der Waals surface area contributed by atoms with Gasteiger partial charge in [-0.1, -0.05) is 11.2 Å². The summed E-state index contributed by atoms with van der Waals surface area (Å²) >= 11 is 1.16. The molecule has 30 heavy (non-hydrogen) atoms. The van der Waals surface area contributed by atoms with Crippen LogP contribution in [-0.2, 0) is 16.6 Å². The van der Waals surface area contributed by atoms with E-state index in [1.807, 2.05) is 0 Å². The van der Waals surface area contributed by atoms with Crippen LogP contribution >= 0.6 is 11.3 Å². The molecule has 8 nitrogen and oxygen atoms in total. The Labute approximate surface area is 177 Å². The lowest BCUT2D eigenvalue weighted by Crippen LogP contribution is -2.11. The zero-order valence-electron chi connectivity index (χ0n) is 15.8. The summed E-state index contributed by atoms with van der Waals surface area (Å²) < 4.78 is 43.3. The lowest BCUT2D eigenvalue weighted by molar-refractivity contribution is 0.242. The Morgan fingerprint density at radius 2 is 1.77 bits per heavy atom. The van der Waals surface area contributed by atoms with Crippen molar-refractivity contribution in [3.05, 3.63) is 71.9 Å². The molecule has 0 spiro atoms. The van der Waals surface area contributed by atoms with E-state index in [-0.39, 0.29) is 10.8 Å². The molecule has 2 aromatic carbocycles. The van der Waals surface area contributed by atoms with Crippen LogP contribution in [0.15, 0.2) is 74.8 Å². The number of sulfonamides is 1. The second-order valence-corrected chi connectivity index (χ2v) is 8.95. The molecule has 2 aromatic heterocycles. The van der Waals surface area contributed by atoms with Gasteiger partial charge in [-0.2, -0.15) is 4.98 Å². The van der Waals surface area contributed by atoms with Gasteiger partial charge in [-0.05, 0) is 60.0 Å². The first-order chi connectivity index (χ1) is 14.5. The Bertz CT molecular complexity index is 1200. The van der Waals surface area contributed by atoms with Crippen LogP contribution in [0.2, 0.25) is 0 Å². The summed E-state index contributed by atoms with van der Waals surface area (Å²) in [7, 11) is -1.99. The molecule has 1 N–H and O–H groups in total. The summed E-state index contributed by atoms with van der Waals surface area (Å²) in [4.78, 5) is 4.31. The van der Waals surface area contributed by atoms with E-state index < -0.39 is 10.0 Å². The van der Waals surface area contributed by atoms with Crippen molar-refractivity contribution in [2.45, 2.75) is 10.8 Å². The minimum atomic E-state index is -3.59. The van der Waals surface area contributed by atoms with Gasteiger partial charge in [0.15, 0.2) is 6.61 Å². The van der Waals surface area contributed by atoms with Gasteiger partial charge < -0.3 is 14.0 Å². The van der Waals surface area contributed by atoms with Gasteiger partial charge in [-0.3, -0.25) is 4.72 Å². The smallest absolute Gasteiger partial charge is 0.271 e. The highest BCUT2D eigenvalue weighted by Crippen LogP contribution is 2.23. The van der Waals surface area contributed by atoms with E-state index in [1.165, 1.54) is 0 Å². The molecular weight excluding hydrogens is 426 g/mol. The highest BCUT2D eigenvalue weighted by Gasteiger charge is 2.15. The fourth-order valence-electron chi connectivity index (χ4n) is 2.56. The van der Waals surface area contributed by atoms with Gasteiger partial charge in [0.25, 0.3) is 15.9 Å². The fourth-order valence-corrected chi connectivity index (χ4v) is 4.61. The number of benzene rings is 2. The average molecular weight is 444 g/mol. The van der Waals surface area contributed by atoms with Crippen molar-refractivity contribution in [1.29, 1.82) is 0 Å². The molecule has 4 aromatic rings. The number of nitrogens with zero attached hydrogens (tertiary/aromatic N) is 2. The first-order valence-electron chi connectivity index (χ1n) is 8.80. The Morgan fingerprint density at radius 3 is 2.43 bits per heavy atom. The number of methoxy groups -OCH3 is 1. The van der Waals surface area contributed by atoms with Gasteiger partial charge in [0, 0.05) is 11.3 Å². The number of thiophene rings is 1. The maximum Gasteiger partial charge on any atom is 0.271 e. The number of nitrogens with one attached hydrogen (secondary N) is 1. The van der Waals surface area contributed by atoms with Crippen LogP contribution in [0, 0.1) is 0 Å². The zero-order valence-corrected chi connectivity index (χ0v) is 17.4. The third-order valence-electron chi connectivity index (χ3n) is 4.05. The Hall–Kier alpha value is -3.37. The van der Waals surface area contributed by atoms with Gasteiger partial charge in [0.2, 0.25) is 5.82 Å². The van der Waals surface area contributed by atoms with Crippen LogP contribution in [0.1, 0.15) is 5.89 Å². The molecule has 0 saturated heterocycles. The van der Waals surface area contributed by atoms with Crippen molar-refractivity contribution in [1.82, 2.24) is 10.1 Å². The van der Waals surface area contributed by atoms with E-state index >= 15 is 0 Å². The molecule has 154 valence electrons. The first-order valence-corrected chi connectivity index (χ1v) is 11.2. The quantitative estimate of drug-likeness (QED) is 0.435. The minimum Gasteiger partial charge on any atom is -0.497 e. The predicted octanol–water partition coefficient (Wildman–Crippen LogP) is 4.19. The van der Waals surface area contributed by atoms with Gasteiger partial charge in [-0.25, -0.2) is 8.42 Å². The molecule has 0 aliphatic heterocycles. The van der Waals surface area contributed by atoms with E-state index in [1.54, 1.807) is 73.2 Å². The van der Waals surface area contributed by atoms with E-state index in [0.29, 0.717) is 28.7 Å². The van der Waals surface area contributed by atoms with Crippen molar-refractivity contribution in [2.75, 3.05) is 11.8 Å². The summed E-state index contributed by atoms with van der Waals surface area (Å²) in [5.74, 6) is 2.10. The van der Waals surface area contributed by atoms with Crippen LogP contribution < -0.4 is 14.2 Å². The lowest BCUT2D eigenvalue weighted by atomic mass is 10.2. The Morgan fingerprint density at radius 1 is 1.03 bits per heavy atom. The molecule has 10 heteroatoms. The summed E-state index contributed by atoms with van der Waals surface area (Å²) in [5, 5.41) is 5.66. The number of ether oxygens (including phenoxy) is 2. The molecule has 4 rings (SSSR count). The van der Waals surface area contributed by atoms with Gasteiger partial charge in [0.1, 0.15) is 15.7 Å². The molecule has 0 unspecified atom stereocenters. The van der Waals surface area contributed by atoms with E-state index in [0.717, 1.165) is 17.1 Å². The van der Waals surface area contributed by atoms with Crippen LogP contribution in [0.4, 0.5) is 5.69 Å². The largest absolute Gasteiger partial charge is 0.497 e. The molecule has 0 saturated carbocycles. The topological polar surface area (TPSA) is 104 Å². The number of rotatable bonds is 8. The second kappa shape index (κ2) is 8.56. The molecule has 0 aliphatic rings. The fraction of sp³-hybridized carbons (Fsp3) is 0.100. The molecule has 2 heterocycles. The summed E-state index contributed by atoms with van der Waals surface area (Å²) in [6.45, 7) is 0.123. The number of aromatic nitrogens is 2. The van der Waals surface area contributed by atoms with Crippen LogP contribution in [-0.4, -0.2) is 25.7 Å². The maximum absolute atomic E-state index is 12.3. The van der Waals surface area contributed by atoms with Crippen LogP contribution in [0.3, 0.4) is 0 Å². The molecule has 0 aliphatic carbocycles. The van der Waals surface area contributed by atoms with Gasteiger partial charge in [0.05, 0.1) is 7.11 Å². The van der Waals surface area contributed by atoms with Crippen molar-refractivity contribution in [3.63, 3.8) is 0 Å². The molecule has 0 atom stereocenters. The molecule has 0 radical (unpaired) electrons. The lowest BCUT2D eigenvalue weighted by Gasteiger charge is -2.06. The maximum atomic E-state index is 12.3. The summed E-state index contributed by atoms with van der Waals surface area (Å²) in [5.41, 5.74) is 1.13. The van der Waals surface area contributed by atoms with Crippen LogP contribution in [0.5, 0.6) is 11.5 Å². The van der Waals surface area contributed by atoms with Crippen molar-refractivity contribution >= 4 is 27.0 Å². The molecule has 0 amide bonds. The van der Waals surface area contributed by atoms with Gasteiger partial charge in [-0.15, -0.1) is 11.3 Å². The van der Waals surface area contributed by atoms with E-state index in [9.17, 15) is 8.42 Å². The zero-order chi connectivity index (χ0) is 21.0. The van der Waals surface area contributed by atoms with E-state index in [2.05, 4.69) is 14.9 Å². The minimum absolute atomic E-state index is 0.123. The number of hydrogen-bond donors (Lipinski definition) is 1. The van der Waals surface area contributed by atoms with Crippen molar-refractivity contribution in [3.8, 4) is 22.9 Å². The Kier molecular flexibility index (Phi) is 5.68. The van der Waals surface area contributed by atoms with Crippen molar-refractivity contribution < 1.29 is 22.4 Å². The predicted molar refractivity (Wildman–Crippen MR) is 112 cm³/mol. The van der Waals surface area contributed by atoms with Gasteiger partial charge >= 0.3 is 0 Å². The normalized spacial score (nSPS) is 11.2. The monoisotopic (exact) mass is 443 g/mol. The third-order valence-corrected chi connectivity index (χ3v) is 6.82. The summed E-state index contributed by atoms with van der Waals surface area (Å²) in [6, 6.07) is 17.1. The molecule has 0 bridgehead atoms. The third kappa shape index (κ3) is 4.61. The molecule has 0 fully saturated rings. The second-order valence-electron chi connectivity index (χ2n) is 6.09. The highest BCUT2D eigenvalue weighted by molar-refractivity contribution is 7.94. The first kappa shape index (κ1) is 19.9. The molecular formula is C20H17N3O5S2. The average Bonchev–Trinajstić information content (AvgIpc) is 3.46. The standard InChI is InChI=1S/C20H17N3O5S2/c1-26-16-8-10-17(11-9-16)27-13-18-21-20(22-28-18)14-4-6-15(7-5-14)23-30(24,25)19-3-2-12-29-19/h2-12,23H,13H2,1H3. The van der Waals surface area contributed by atoms with E-state index in [4.69, 9.17) is 14.0 Å². The SMILES string of the molecule is COc1ccc(OCc2nc(-c3ccc(NS(=O)(=O)c4cccs4)cc3)no2)cc1. The number of anilines is 1. The number of hydrogen-bond acceptors (Lipinski definition) is 8. The summed E-state index contributed by atoms with van der Waals surface area (Å²) in [6.07, 6.45) is 0. The Balaban J connectivity index is 1.39.